The van der Waals surface area contributed by atoms with Gasteiger partial charge in [0.15, 0.2) is 0 Å². The van der Waals surface area contributed by atoms with Gasteiger partial charge < -0.3 is 9.47 Å². The van der Waals surface area contributed by atoms with Crippen LogP contribution in [0.2, 0.25) is 0 Å². The van der Waals surface area contributed by atoms with Crippen LogP contribution in [0.1, 0.15) is 23.6 Å². The van der Waals surface area contributed by atoms with Gasteiger partial charge in [-0.05, 0) is 42.2 Å². The molecule has 2 aromatic rings. The third kappa shape index (κ3) is 4.35. The van der Waals surface area contributed by atoms with E-state index in [0.717, 1.165) is 23.3 Å². The lowest BCUT2D eigenvalue weighted by Crippen LogP contribution is -2.09. The van der Waals surface area contributed by atoms with Gasteiger partial charge in [-0.1, -0.05) is 36.4 Å². The summed E-state index contributed by atoms with van der Waals surface area (Å²) in [6.07, 6.45) is 1.06. The Balaban J connectivity index is 2.25. The number of hydrogen-bond acceptors (Lipinski definition) is 3. The average Bonchev–Trinajstić information content (AvgIpc) is 2.50. The number of hydrogen-bond donors (Lipinski definition) is 0. The topological polar surface area (TPSA) is 35.5 Å². The molecule has 0 aliphatic carbocycles. The van der Waals surface area contributed by atoms with Gasteiger partial charge in [-0.15, -0.1) is 0 Å². The van der Waals surface area contributed by atoms with Crippen LogP contribution in [0.5, 0.6) is 5.75 Å². The molecule has 110 valence electrons. The van der Waals surface area contributed by atoms with E-state index in [0.29, 0.717) is 13.0 Å². The molecule has 0 N–H and O–H groups in total. The Labute approximate surface area is 125 Å². The zero-order chi connectivity index (χ0) is 15.1. The van der Waals surface area contributed by atoms with Crippen molar-refractivity contribution in [3.05, 3.63) is 65.2 Å². The van der Waals surface area contributed by atoms with Gasteiger partial charge in [0, 0.05) is 0 Å². The third-order valence-corrected chi connectivity index (χ3v) is 3.29. The molecule has 0 aliphatic rings. The molecule has 0 unspecified atom stereocenters. The summed E-state index contributed by atoms with van der Waals surface area (Å²) in [7, 11) is 1.65. The number of carbonyl (C=O) groups is 1. The van der Waals surface area contributed by atoms with Crippen LogP contribution < -0.4 is 4.74 Å². The Morgan fingerprint density at radius 1 is 1.05 bits per heavy atom. The molecule has 0 atom stereocenters. The molecule has 21 heavy (non-hydrogen) atoms. The molecule has 0 aliphatic heterocycles. The van der Waals surface area contributed by atoms with Crippen LogP contribution in [0.25, 0.3) is 0 Å². The van der Waals surface area contributed by atoms with Crippen molar-refractivity contribution < 1.29 is 14.3 Å². The lowest BCUT2D eigenvalue weighted by molar-refractivity contribution is -0.142. The monoisotopic (exact) mass is 284 g/mol. The van der Waals surface area contributed by atoms with E-state index in [1.807, 2.05) is 43.3 Å². The summed E-state index contributed by atoms with van der Waals surface area (Å²) in [6, 6.07) is 16.0. The highest BCUT2D eigenvalue weighted by Crippen LogP contribution is 2.21. The van der Waals surface area contributed by atoms with Crippen molar-refractivity contribution in [2.24, 2.45) is 0 Å². The molecule has 3 heteroatoms. The third-order valence-electron chi connectivity index (χ3n) is 3.29. The van der Waals surface area contributed by atoms with E-state index in [2.05, 4.69) is 12.1 Å². The van der Waals surface area contributed by atoms with E-state index in [1.54, 1.807) is 7.11 Å². The maximum absolute atomic E-state index is 11.7. The van der Waals surface area contributed by atoms with Crippen molar-refractivity contribution >= 4 is 5.97 Å². The minimum absolute atomic E-state index is 0.197. The van der Waals surface area contributed by atoms with Crippen LogP contribution in [0.15, 0.2) is 48.5 Å². The predicted molar refractivity (Wildman–Crippen MR) is 82.6 cm³/mol. The largest absolute Gasteiger partial charge is 0.497 e. The van der Waals surface area contributed by atoms with Gasteiger partial charge in [0.05, 0.1) is 20.1 Å². The van der Waals surface area contributed by atoms with E-state index in [9.17, 15) is 4.79 Å². The second-order valence-electron chi connectivity index (χ2n) is 4.78. The molecule has 0 saturated carbocycles. The van der Waals surface area contributed by atoms with Crippen molar-refractivity contribution in [2.75, 3.05) is 13.7 Å². The second kappa shape index (κ2) is 7.48. The van der Waals surface area contributed by atoms with Gasteiger partial charge in [0.2, 0.25) is 0 Å². The Kier molecular flexibility index (Phi) is 5.38. The van der Waals surface area contributed by atoms with E-state index in [-0.39, 0.29) is 5.97 Å². The SMILES string of the molecule is CCOC(=O)Cc1ccc(OC)cc1Cc1ccccc1. The smallest absolute Gasteiger partial charge is 0.310 e. The summed E-state index contributed by atoms with van der Waals surface area (Å²) in [5.74, 6) is 0.602. The highest BCUT2D eigenvalue weighted by Gasteiger charge is 2.10. The summed E-state index contributed by atoms with van der Waals surface area (Å²) in [4.78, 5) is 11.7. The maximum Gasteiger partial charge on any atom is 0.310 e. The van der Waals surface area contributed by atoms with E-state index in [4.69, 9.17) is 9.47 Å². The molecule has 0 spiro atoms. The molecule has 0 fully saturated rings. The lowest BCUT2D eigenvalue weighted by Gasteiger charge is -2.11. The molecule has 0 aromatic heterocycles. The number of benzene rings is 2. The standard InChI is InChI=1S/C18H20O3/c1-3-21-18(19)13-15-9-10-17(20-2)12-16(15)11-14-7-5-4-6-8-14/h4-10,12H,3,11,13H2,1-2H3. The number of methoxy groups -OCH3 is 1. The Morgan fingerprint density at radius 2 is 1.81 bits per heavy atom. The summed E-state index contributed by atoms with van der Waals surface area (Å²) in [6.45, 7) is 2.22. The normalized spacial score (nSPS) is 10.2. The van der Waals surface area contributed by atoms with Crippen LogP contribution in [0, 0.1) is 0 Å². The van der Waals surface area contributed by atoms with Crippen LogP contribution >= 0.6 is 0 Å². The fourth-order valence-corrected chi connectivity index (χ4v) is 2.25. The summed E-state index contributed by atoms with van der Waals surface area (Å²) in [5.41, 5.74) is 3.28. The summed E-state index contributed by atoms with van der Waals surface area (Å²) >= 11 is 0. The van der Waals surface area contributed by atoms with Crippen molar-refractivity contribution in [1.29, 1.82) is 0 Å². The van der Waals surface area contributed by atoms with Crippen molar-refractivity contribution in [2.45, 2.75) is 19.8 Å². The van der Waals surface area contributed by atoms with E-state index in [1.165, 1.54) is 5.56 Å². The fourth-order valence-electron chi connectivity index (χ4n) is 2.25. The van der Waals surface area contributed by atoms with Gasteiger partial charge in [-0.2, -0.15) is 0 Å². The minimum atomic E-state index is -0.197. The predicted octanol–water partition coefficient (Wildman–Crippen LogP) is 3.39. The maximum atomic E-state index is 11.7. The van der Waals surface area contributed by atoms with Gasteiger partial charge in [-0.25, -0.2) is 0 Å². The Morgan fingerprint density at radius 3 is 2.48 bits per heavy atom. The Bertz CT molecular complexity index is 591. The molecule has 0 bridgehead atoms. The van der Waals surface area contributed by atoms with Crippen molar-refractivity contribution in [1.82, 2.24) is 0 Å². The quantitative estimate of drug-likeness (QED) is 0.763. The zero-order valence-corrected chi connectivity index (χ0v) is 12.5. The molecule has 0 saturated heterocycles. The highest BCUT2D eigenvalue weighted by atomic mass is 16.5. The average molecular weight is 284 g/mol. The molecule has 0 amide bonds. The molecule has 2 rings (SSSR count). The van der Waals surface area contributed by atoms with E-state index >= 15 is 0 Å². The van der Waals surface area contributed by atoms with Crippen LogP contribution in [0.3, 0.4) is 0 Å². The van der Waals surface area contributed by atoms with Gasteiger partial charge >= 0.3 is 5.97 Å². The highest BCUT2D eigenvalue weighted by molar-refractivity contribution is 5.73. The zero-order valence-electron chi connectivity index (χ0n) is 12.5. The van der Waals surface area contributed by atoms with Gasteiger partial charge in [0.1, 0.15) is 5.75 Å². The lowest BCUT2D eigenvalue weighted by atomic mass is 9.97. The van der Waals surface area contributed by atoms with Crippen LogP contribution in [0.4, 0.5) is 0 Å². The first-order valence-corrected chi connectivity index (χ1v) is 7.08. The van der Waals surface area contributed by atoms with E-state index < -0.39 is 0 Å². The summed E-state index contributed by atoms with van der Waals surface area (Å²) < 4.78 is 10.3. The molecular formula is C18H20O3. The number of esters is 1. The first-order valence-electron chi connectivity index (χ1n) is 7.08. The molecule has 3 nitrogen and oxygen atoms in total. The van der Waals surface area contributed by atoms with Crippen molar-refractivity contribution in [3.8, 4) is 5.75 Å². The van der Waals surface area contributed by atoms with Crippen LogP contribution in [-0.2, 0) is 22.4 Å². The van der Waals surface area contributed by atoms with Gasteiger partial charge in [-0.3, -0.25) is 4.79 Å². The molecular weight excluding hydrogens is 264 g/mol. The number of rotatable bonds is 6. The van der Waals surface area contributed by atoms with Gasteiger partial charge in [0.25, 0.3) is 0 Å². The van der Waals surface area contributed by atoms with Crippen LogP contribution in [-0.4, -0.2) is 19.7 Å². The first kappa shape index (κ1) is 15.1. The summed E-state index contributed by atoms with van der Waals surface area (Å²) in [5, 5.41) is 0. The minimum Gasteiger partial charge on any atom is -0.497 e. The number of carbonyl (C=O) groups excluding carboxylic acids is 1. The first-order chi connectivity index (χ1) is 10.2. The van der Waals surface area contributed by atoms with Crippen molar-refractivity contribution in [3.63, 3.8) is 0 Å². The fraction of sp³-hybridized carbons (Fsp3) is 0.278. The second-order valence-corrected chi connectivity index (χ2v) is 4.78. The number of ether oxygens (including phenoxy) is 2. The molecule has 2 aromatic carbocycles. The Hall–Kier alpha value is -2.29. The molecule has 0 radical (unpaired) electrons. The molecule has 0 heterocycles.